The first kappa shape index (κ1) is 7.41. The molecule has 0 unspecified atom stereocenters. The van der Waals surface area contributed by atoms with Crippen LogP contribution in [0, 0.1) is 6.92 Å². The summed E-state index contributed by atoms with van der Waals surface area (Å²) in [6, 6.07) is 0. The Kier molecular flexibility index (Phi) is 2.17. The van der Waals surface area contributed by atoms with E-state index in [1.165, 1.54) is 0 Å². The van der Waals surface area contributed by atoms with Crippen LogP contribution >= 0.6 is 12.6 Å². The number of ether oxygens (including phenoxy) is 1. The van der Waals surface area contributed by atoms with Crippen molar-refractivity contribution in [2.45, 2.75) is 11.8 Å². The molecule has 2 nitrogen and oxygen atoms in total. The monoisotopic (exact) mass is 155 g/mol. The van der Waals surface area contributed by atoms with Crippen LogP contribution in [-0.4, -0.2) is 12.1 Å². The predicted molar refractivity (Wildman–Crippen MR) is 42.8 cm³/mol. The van der Waals surface area contributed by atoms with Crippen LogP contribution in [0.3, 0.4) is 0 Å². The van der Waals surface area contributed by atoms with Gasteiger partial charge in [0.05, 0.1) is 13.3 Å². The first-order valence-electron chi connectivity index (χ1n) is 2.93. The van der Waals surface area contributed by atoms with E-state index < -0.39 is 0 Å². The van der Waals surface area contributed by atoms with E-state index >= 15 is 0 Å². The maximum atomic E-state index is 5.01. The summed E-state index contributed by atoms with van der Waals surface area (Å²) in [5.74, 6) is 0.785. The molecule has 0 saturated carbocycles. The third-order valence-electron chi connectivity index (χ3n) is 1.36. The van der Waals surface area contributed by atoms with Crippen LogP contribution in [0.4, 0.5) is 0 Å². The minimum atomic E-state index is 0.785. The molecule has 0 aliphatic heterocycles. The zero-order valence-electron chi connectivity index (χ0n) is 5.96. The molecule has 0 saturated heterocycles. The minimum Gasteiger partial charge on any atom is -0.495 e. The Morgan fingerprint density at radius 1 is 1.50 bits per heavy atom. The fourth-order valence-electron chi connectivity index (χ4n) is 0.701. The summed E-state index contributed by atoms with van der Waals surface area (Å²) < 4.78 is 5.01. The van der Waals surface area contributed by atoms with Gasteiger partial charge in [0, 0.05) is 16.7 Å². The van der Waals surface area contributed by atoms with Crippen LogP contribution in [0.15, 0.2) is 17.3 Å². The molecule has 10 heavy (non-hydrogen) atoms. The van der Waals surface area contributed by atoms with Gasteiger partial charge in [0.25, 0.3) is 0 Å². The van der Waals surface area contributed by atoms with Crippen LogP contribution in [0.5, 0.6) is 5.75 Å². The average Bonchev–Trinajstić information content (AvgIpc) is 1.95. The van der Waals surface area contributed by atoms with Crippen molar-refractivity contribution in [1.82, 2.24) is 4.98 Å². The van der Waals surface area contributed by atoms with E-state index in [1.807, 2.05) is 6.92 Å². The van der Waals surface area contributed by atoms with E-state index in [2.05, 4.69) is 17.6 Å². The summed E-state index contributed by atoms with van der Waals surface area (Å²) >= 11 is 4.18. The smallest absolute Gasteiger partial charge is 0.141 e. The molecule has 1 aromatic heterocycles. The third-order valence-corrected chi connectivity index (χ3v) is 1.81. The number of pyridine rings is 1. The summed E-state index contributed by atoms with van der Waals surface area (Å²) in [6.07, 6.45) is 3.37. The number of rotatable bonds is 1. The van der Waals surface area contributed by atoms with Crippen LogP contribution in [0.25, 0.3) is 0 Å². The Morgan fingerprint density at radius 2 is 2.20 bits per heavy atom. The fraction of sp³-hybridized carbons (Fsp3) is 0.286. The highest BCUT2D eigenvalue weighted by Gasteiger charge is 1.99. The van der Waals surface area contributed by atoms with Crippen molar-refractivity contribution in [3.63, 3.8) is 0 Å². The number of thiol groups is 1. The first-order chi connectivity index (χ1) is 4.75. The molecule has 0 aliphatic rings. The summed E-state index contributed by atoms with van der Waals surface area (Å²) in [4.78, 5) is 4.78. The second kappa shape index (κ2) is 2.92. The Hall–Kier alpha value is -0.700. The van der Waals surface area contributed by atoms with E-state index in [1.54, 1.807) is 19.5 Å². The highest BCUT2D eigenvalue weighted by atomic mass is 32.1. The van der Waals surface area contributed by atoms with Crippen molar-refractivity contribution in [2.24, 2.45) is 0 Å². The zero-order valence-corrected chi connectivity index (χ0v) is 6.85. The SMILES string of the molecule is COc1cncc(S)c1C. The second-order valence-corrected chi connectivity index (χ2v) is 2.47. The lowest BCUT2D eigenvalue weighted by Gasteiger charge is -2.03. The molecule has 0 fully saturated rings. The molecule has 0 amide bonds. The van der Waals surface area contributed by atoms with E-state index in [4.69, 9.17) is 4.74 Å². The van der Waals surface area contributed by atoms with Gasteiger partial charge >= 0.3 is 0 Å². The molecule has 1 rings (SSSR count). The molecule has 3 heteroatoms. The molecule has 0 aromatic carbocycles. The van der Waals surface area contributed by atoms with Crippen LogP contribution in [0.2, 0.25) is 0 Å². The second-order valence-electron chi connectivity index (χ2n) is 1.99. The molecular formula is C7H9NOS. The van der Waals surface area contributed by atoms with Gasteiger partial charge in [-0.2, -0.15) is 0 Å². The van der Waals surface area contributed by atoms with Crippen molar-refractivity contribution in [3.8, 4) is 5.75 Å². The lowest BCUT2D eigenvalue weighted by molar-refractivity contribution is 0.408. The van der Waals surface area contributed by atoms with Crippen LogP contribution in [-0.2, 0) is 0 Å². The topological polar surface area (TPSA) is 22.1 Å². The lowest BCUT2D eigenvalue weighted by Crippen LogP contribution is -1.88. The Morgan fingerprint density at radius 3 is 2.70 bits per heavy atom. The molecule has 0 spiro atoms. The highest BCUT2D eigenvalue weighted by Crippen LogP contribution is 2.21. The first-order valence-corrected chi connectivity index (χ1v) is 3.38. The number of aromatic nitrogens is 1. The Bertz CT molecular complexity index is 237. The van der Waals surface area contributed by atoms with Crippen LogP contribution < -0.4 is 4.74 Å². The van der Waals surface area contributed by atoms with Gasteiger partial charge < -0.3 is 4.74 Å². The largest absolute Gasteiger partial charge is 0.495 e. The van der Waals surface area contributed by atoms with E-state index in [0.29, 0.717) is 0 Å². The van der Waals surface area contributed by atoms with E-state index in [-0.39, 0.29) is 0 Å². The molecule has 1 heterocycles. The van der Waals surface area contributed by atoms with Gasteiger partial charge in [-0.25, -0.2) is 0 Å². The minimum absolute atomic E-state index is 0.785. The standard InChI is InChI=1S/C7H9NOS/c1-5-6(9-2)3-8-4-7(5)10/h3-4,10H,1-2H3. The maximum Gasteiger partial charge on any atom is 0.141 e. The highest BCUT2D eigenvalue weighted by molar-refractivity contribution is 7.80. The van der Waals surface area contributed by atoms with Crippen molar-refractivity contribution in [1.29, 1.82) is 0 Å². The molecule has 0 aliphatic carbocycles. The number of nitrogens with zero attached hydrogens (tertiary/aromatic N) is 1. The fourth-order valence-corrected chi connectivity index (χ4v) is 0.878. The van der Waals surface area contributed by atoms with Gasteiger partial charge in [0.15, 0.2) is 0 Å². The molecule has 54 valence electrons. The molecule has 0 radical (unpaired) electrons. The molecular weight excluding hydrogens is 146 g/mol. The van der Waals surface area contributed by atoms with Crippen molar-refractivity contribution in [3.05, 3.63) is 18.0 Å². The number of hydrogen-bond donors (Lipinski definition) is 1. The molecule has 0 bridgehead atoms. The Labute approximate surface area is 65.6 Å². The number of methoxy groups -OCH3 is 1. The third kappa shape index (κ3) is 1.24. The Balaban J connectivity index is 3.14. The van der Waals surface area contributed by atoms with E-state index in [9.17, 15) is 0 Å². The van der Waals surface area contributed by atoms with E-state index in [0.717, 1.165) is 16.2 Å². The van der Waals surface area contributed by atoms with Gasteiger partial charge in [-0.05, 0) is 6.92 Å². The van der Waals surface area contributed by atoms with Gasteiger partial charge in [-0.1, -0.05) is 0 Å². The molecule has 0 N–H and O–H groups in total. The maximum absolute atomic E-state index is 5.01. The average molecular weight is 155 g/mol. The van der Waals surface area contributed by atoms with Gasteiger partial charge in [-0.3, -0.25) is 4.98 Å². The number of hydrogen-bond acceptors (Lipinski definition) is 3. The van der Waals surface area contributed by atoms with Gasteiger partial charge in [0.2, 0.25) is 0 Å². The summed E-state index contributed by atoms with van der Waals surface area (Å²) in [5, 5.41) is 0. The quantitative estimate of drug-likeness (QED) is 0.623. The summed E-state index contributed by atoms with van der Waals surface area (Å²) in [7, 11) is 1.62. The van der Waals surface area contributed by atoms with Gasteiger partial charge in [0.1, 0.15) is 5.75 Å². The summed E-state index contributed by atoms with van der Waals surface area (Å²) in [5.41, 5.74) is 1.03. The normalized spacial score (nSPS) is 9.50. The van der Waals surface area contributed by atoms with Crippen molar-refractivity contribution < 1.29 is 4.74 Å². The van der Waals surface area contributed by atoms with Crippen LogP contribution in [0.1, 0.15) is 5.56 Å². The van der Waals surface area contributed by atoms with Crippen molar-refractivity contribution >= 4 is 12.6 Å². The lowest BCUT2D eigenvalue weighted by atomic mass is 10.3. The molecule has 1 aromatic rings. The predicted octanol–water partition coefficient (Wildman–Crippen LogP) is 1.69. The summed E-state index contributed by atoms with van der Waals surface area (Å²) in [6.45, 7) is 1.95. The zero-order chi connectivity index (χ0) is 7.56. The van der Waals surface area contributed by atoms with Gasteiger partial charge in [-0.15, -0.1) is 12.6 Å². The van der Waals surface area contributed by atoms with Crippen molar-refractivity contribution in [2.75, 3.05) is 7.11 Å². The molecule has 0 atom stereocenters.